The summed E-state index contributed by atoms with van der Waals surface area (Å²) in [5.41, 5.74) is 1.41. The molecular weight excluding hydrogens is 509 g/mol. The molecule has 1 aromatic carbocycles. The molecule has 3 aromatic rings. The Morgan fingerprint density at radius 1 is 1.05 bits per heavy atom. The van der Waals surface area contributed by atoms with Crippen LogP contribution in [0.5, 0.6) is 6.01 Å². The van der Waals surface area contributed by atoms with Crippen molar-refractivity contribution in [2.75, 3.05) is 56.2 Å². The zero-order valence-electron chi connectivity index (χ0n) is 20.0. The molecule has 12 heteroatoms. The molecule has 37 heavy (non-hydrogen) atoms. The van der Waals surface area contributed by atoms with Crippen LogP contribution in [0.25, 0.3) is 0 Å². The molecule has 0 radical (unpaired) electrons. The summed E-state index contributed by atoms with van der Waals surface area (Å²) in [7, 11) is 0. The highest BCUT2D eigenvalue weighted by Gasteiger charge is 2.30. The van der Waals surface area contributed by atoms with Crippen molar-refractivity contribution in [2.24, 2.45) is 0 Å². The van der Waals surface area contributed by atoms with Crippen LogP contribution in [0.4, 0.5) is 30.5 Å². The highest BCUT2D eigenvalue weighted by Crippen LogP contribution is 2.33. The highest BCUT2D eigenvalue weighted by atomic mass is 35.5. The topological polar surface area (TPSA) is 75.6 Å². The third-order valence-corrected chi connectivity index (χ3v) is 6.60. The maximum Gasteiger partial charge on any atom is 0.416 e. The lowest BCUT2D eigenvalue weighted by molar-refractivity contribution is -0.137. The van der Waals surface area contributed by atoms with E-state index in [1.165, 1.54) is 12.1 Å². The van der Waals surface area contributed by atoms with Crippen molar-refractivity contribution in [3.05, 3.63) is 64.4 Å². The molecule has 2 aliphatic rings. The number of alkyl halides is 3. The number of nitrogens with zero attached hydrogens (tertiary/aromatic N) is 5. The average Bonchev–Trinajstić information content (AvgIpc) is 2.89. The van der Waals surface area contributed by atoms with Crippen LogP contribution in [-0.2, 0) is 23.9 Å². The number of anilines is 3. The van der Waals surface area contributed by atoms with Crippen LogP contribution in [0.1, 0.15) is 16.8 Å². The Balaban J connectivity index is 1.38. The van der Waals surface area contributed by atoms with E-state index < -0.39 is 11.7 Å². The lowest BCUT2D eigenvalue weighted by Gasteiger charge is -2.30. The number of halogens is 4. The van der Waals surface area contributed by atoms with E-state index in [4.69, 9.17) is 21.1 Å². The zero-order chi connectivity index (χ0) is 25.8. The first-order chi connectivity index (χ1) is 17.9. The van der Waals surface area contributed by atoms with E-state index in [1.807, 2.05) is 4.90 Å². The van der Waals surface area contributed by atoms with E-state index in [0.29, 0.717) is 68.2 Å². The number of morpholine rings is 1. The monoisotopic (exact) mass is 534 g/mol. The van der Waals surface area contributed by atoms with E-state index in [9.17, 15) is 13.2 Å². The fourth-order valence-electron chi connectivity index (χ4n) is 4.34. The Kier molecular flexibility index (Phi) is 7.63. The third-order valence-electron chi connectivity index (χ3n) is 6.30. The van der Waals surface area contributed by atoms with E-state index in [0.717, 1.165) is 36.5 Å². The highest BCUT2D eigenvalue weighted by molar-refractivity contribution is 6.32. The number of fused-ring (bicyclic) bond motifs is 1. The number of benzene rings is 1. The summed E-state index contributed by atoms with van der Waals surface area (Å²) in [5.74, 6) is 1.18. The van der Waals surface area contributed by atoms with Crippen LogP contribution in [0, 0.1) is 0 Å². The van der Waals surface area contributed by atoms with Crippen LogP contribution in [-0.4, -0.2) is 65.9 Å². The van der Waals surface area contributed by atoms with Crippen molar-refractivity contribution >= 4 is 28.9 Å². The molecule has 8 nitrogen and oxygen atoms in total. The molecule has 1 saturated heterocycles. The molecule has 196 valence electrons. The normalized spacial score (nSPS) is 16.4. The first-order valence-corrected chi connectivity index (χ1v) is 12.4. The molecule has 0 bridgehead atoms. The molecule has 4 heterocycles. The van der Waals surface area contributed by atoms with Gasteiger partial charge in [0, 0.05) is 43.6 Å². The molecule has 0 saturated carbocycles. The maximum absolute atomic E-state index is 13.0. The van der Waals surface area contributed by atoms with Gasteiger partial charge in [0.15, 0.2) is 0 Å². The van der Waals surface area contributed by atoms with Crippen molar-refractivity contribution in [1.82, 2.24) is 19.9 Å². The lowest BCUT2D eigenvalue weighted by Crippen LogP contribution is -2.38. The Bertz CT molecular complexity index is 1220. The number of nitrogens with one attached hydrogen (secondary N) is 1. The molecular formula is C25H26ClF3N6O2. The number of pyridine rings is 1. The van der Waals surface area contributed by atoms with Gasteiger partial charge in [-0.3, -0.25) is 4.90 Å². The van der Waals surface area contributed by atoms with Gasteiger partial charge in [-0.1, -0.05) is 11.6 Å². The number of aromatic nitrogens is 3. The quantitative estimate of drug-likeness (QED) is 0.473. The summed E-state index contributed by atoms with van der Waals surface area (Å²) >= 11 is 6.37. The lowest BCUT2D eigenvalue weighted by atomic mass is 10.1. The Hall–Kier alpha value is -3.15. The van der Waals surface area contributed by atoms with Crippen molar-refractivity contribution in [3.63, 3.8) is 0 Å². The summed E-state index contributed by atoms with van der Waals surface area (Å²) in [5, 5.41) is 3.72. The Morgan fingerprint density at radius 3 is 2.57 bits per heavy atom. The fourth-order valence-corrected chi connectivity index (χ4v) is 4.58. The van der Waals surface area contributed by atoms with Gasteiger partial charge < -0.3 is 19.7 Å². The summed E-state index contributed by atoms with van der Waals surface area (Å²) in [6.07, 6.45) is -2.11. The van der Waals surface area contributed by atoms with Gasteiger partial charge in [0.25, 0.3) is 0 Å². The zero-order valence-corrected chi connectivity index (χ0v) is 20.7. The minimum Gasteiger partial charge on any atom is -0.462 e. The van der Waals surface area contributed by atoms with E-state index in [2.05, 4.69) is 25.2 Å². The summed E-state index contributed by atoms with van der Waals surface area (Å²) in [6.45, 7) is 5.26. The third kappa shape index (κ3) is 6.23. The number of hydrogen-bond acceptors (Lipinski definition) is 8. The molecule has 5 rings (SSSR count). The predicted molar refractivity (Wildman–Crippen MR) is 134 cm³/mol. The second-order valence-electron chi connectivity index (χ2n) is 8.76. The number of rotatable bonds is 7. The second-order valence-corrected chi connectivity index (χ2v) is 9.17. The second kappa shape index (κ2) is 11.1. The van der Waals surface area contributed by atoms with Crippen LogP contribution in [0.15, 0.2) is 42.6 Å². The minimum absolute atomic E-state index is 0.204. The Labute approximate surface area is 217 Å². The molecule has 2 aliphatic heterocycles. The van der Waals surface area contributed by atoms with E-state index in [-0.39, 0.29) is 6.01 Å². The van der Waals surface area contributed by atoms with Gasteiger partial charge >= 0.3 is 12.2 Å². The minimum atomic E-state index is -4.40. The van der Waals surface area contributed by atoms with Gasteiger partial charge in [0.1, 0.15) is 18.2 Å². The largest absolute Gasteiger partial charge is 0.462 e. The fraction of sp³-hybridized carbons (Fsp3) is 0.400. The van der Waals surface area contributed by atoms with Crippen LogP contribution < -0.4 is 15.0 Å². The molecule has 0 aliphatic carbocycles. The molecule has 2 aromatic heterocycles. The van der Waals surface area contributed by atoms with Gasteiger partial charge in [-0.05, 0) is 42.8 Å². The summed E-state index contributed by atoms with van der Waals surface area (Å²) < 4.78 is 50.3. The van der Waals surface area contributed by atoms with Crippen molar-refractivity contribution in [3.8, 4) is 6.01 Å². The smallest absolute Gasteiger partial charge is 0.416 e. The van der Waals surface area contributed by atoms with E-state index >= 15 is 0 Å². The molecule has 0 atom stereocenters. The molecule has 0 amide bonds. The molecule has 0 spiro atoms. The SMILES string of the molecule is FC(F)(F)c1ccc(Nc2nc(OCCN3CCOCC3)nc3c2CCN(c2ncccc2Cl)C3)cc1. The van der Waals surface area contributed by atoms with Gasteiger partial charge in [-0.15, -0.1) is 0 Å². The van der Waals surface area contributed by atoms with Crippen LogP contribution in [0.2, 0.25) is 5.02 Å². The summed E-state index contributed by atoms with van der Waals surface area (Å²) in [6, 6.07) is 8.63. The molecule has 1 fully saturated rings. The molecule has 1 N–H and O–H groups in total. The Morgan fingerprint density at radius 2 is 1.84 bits per heavy atom. The predicted octanol–water partition coefficient (Wildman–Crippen LogP) is 4.56. The standard InChI is InChI=1S/C25H26ClF3N6O2/c26-20-2-1-8-30-23(20)35-9-7-19-21(16-35)32-24(37-15-12-34-10-13-36-14-11-34)33-22(19)31-18-5-3-17(4-6-18)25(27,28)29/h1-6,8H,7,9-16H2,(H,31,32,33). The summed E-state index contributed by atoms with van der Waals surface area (Å²) in [4.78, 5) is 17.9. The molecule has 0 unspecified atom stereocenters. The first kappa shape index (κ1) is 25.5. The number of ether oxygens (including phenoxy) is 2. The number of hydrogen-bond donors (Lipinski definition) is 1. The van der Waals surface area contributed by atoms with Gasteiger partial charge in [0.05, 0.1) is 36.0 Å². The van der Waals surface area contributed by atoms with Crippen molar-refractivity contribution in [2.45, 2.75) is 19.1 Å². The average molecular weight is 535 g/mol. The van der Waals surface area contributed by atoms with Crippen LogP contribution >= 0.6 is 11.6 Å². The maximum atomic E-state index is 13.0. The van der Waals surface area contributed by atoms with Crippen molar-refractivity contribution in [1.29, 1.82) is 0 Å². The van der Waals surface area contributed by atoms with Crippen LogP contribution in [0.3, 0.4) is 0 Å². The van der Waals surface area contributed by atoms with E-state index in [1.54, 1.807) is 18.3 Å². The first-order valence-electron chi connectivity index (χ1n) is 12.0. The van der Waals surface area contributed by atoms with Gasteiger partial charge in [-0.2, -0.15) is 23.1 Å². The van der Waals surface area contributed by atoms with Crippen molar-refractivity contribution < 1.29 is 22.6 Å². The van der Waals surface area contributed by atoms with Gasteiger partial charge in [-0.25, -0.2) is 4.98 Å². The van der Waals surface area contributed by atoms with Gasteiger partial charge in [0.2, 0.25) is 0 Å².